The second kappa shape index (κ2) is 9.46. The fourth-order valence-electron chi connectivity index (χ4n) is 3.50. The monoisotopic (exact) mass is 382 g/mol. The molecule has 0 radical (unpaired) electrons. The van der Waals surface area contributed by atoms with Crippen LogP contribution in [0.4, 0.5) is 0 Å². The van der Waals surface area contributed by atoms with Crippen molar-refractivity contribution in [2.45, 2.75) is 18.6 Å². The van der Waals surface area contributed by atoms with E-state index in [-0.39, 0.29) is 12.1 Å². The van der Waals surface area contributed by atoms with Crippen molar-refractivity contribution in [1.82, 2.24) is 15.5 Å². The molecule has 2 aromatic rings. The summed E-state index contributed by atoms with van der Waals surface area (Å²) in [5, 5.41) is 6.82. The van der Waals surface area contributed by atoms with Crippen molar-refractivity contribution in [1.29, 1.82) is 0 Å². The van der Waals surface area contributed by atoms with Crippen molar-refractivity contribution in [2.75, 3.05) is 41.3 Å². The van der Waals surface area contributed by atoms with Gasteiger partial charge in [0, 0.05) is 25.6 Å². The van der Waals surface area contributed by atoms with Crippen LogP contribution in [-0.4, -0.2) is 58.3 Å². The zero-order valence-electron chi connectivity index (χ0n) is 17.1. The first kappa shape index (κ1) is 20.0. The maximum atomic E-state index is 6.00. The highest BCUT2D eigenvalue weighted by atomic mass is 16.5. The standard InChI is InChI=1S/C22H30N4O2/c1-23-22(24-14-17-13-16-9-5-7-11-20(16)28-17)25-15-19(26(2)3)18-10-6-8-12-21(18)27-4/h5-12,17,19H,13-15H2,1-4H3,(H2,23,24,25). The van der Waals surface area contributed by atoms with Gasteiger partial charge in [-0.1, -0.05) is 36.4 Å². The van der Waals surface area contributed by atoms with Crippen molar-refractivity contribution in [2.24, 2.45) is 4.99 Å². The molecule has 1 aliphatic rings. The zero-order valence-corrected chi connectivity index (χ0v) is 17.1. The molecular weight excluding hydrogens is 352 g/mol. The van der Waals surface area contributed by atoms with Gasteiger partial charge in [-0.3, -0.25) is 4.99 Å². The number of nitrogens with one attached hydrogen (secondary N) is 2. The highest BCUT2D eigenvalue weighted by Gasteiger charge is 2.23. The Balaban J connectivity index is 1.55. The maximum absolute atomic E-state index is 6.00. The summed E-state index contributed by atoms with van der Waals surface area (Å²) in [5.41, 5.74) is 2.41. The van der Waals surface area contributed by atoms with Crippen LogP contribution in [0.2, 0.25) is 0 Å². The van der Waals surface area contributed by atoms with Crippen LogP contribution in [0.25, 0.3) is 0 Å². The lowest BCUT2D eigenvalue weighted by atomic mass is 10.0. The molecule has 0 aliphatic carbocycles. The minimum absolute atomic E-state index is 0.120. The largest absolute Gasteiger partial charge is 0.496 e. The average molecular weight is 383 g/mol. The van der Waals surface area contributed by atoms with Gasteiger partial charge in [-0.15, -0.1) is 0 Å². The molecule has 1 aliphatic heterocycles. The van der Waals surface area contributed by atoms with Gasteiger partial charge in [0.05, 0.1) is 19.7 Å². The molecule has 0 saturated carbocycles. The summed E-state index contributed by atoms with van der Waals surface area (Å²) in [6.07, 6.45) is 1.04. The third kappa shape index (κ3) is 4.75. The molecule has 6 nitrogen and oxygen atoms in total. The van der Waals surface area contributed by atoms with Crippen LogP contribution in [0.15, 0.2) is 53.5 Å². The topological polar surface area (TPSA) is 58.1 Å². The molecule has 6 heteroatoms. The van der Waals surface area contributed by atoms with E-state index >= 15 is 0 Å². The molecule has 0 fully saturated rings. The number of ether oxygens (including phenoxy) is 2. The van der Waals surface area contributed by atoms with Crippen molar-refractivity contribution in [3.63, 3.8) is 0 Å². The Kier molecular flexibility index (Phi) is 6.76. The molecule has 2 unspecified atom stereocenters. The number of rotatable bonds is 7. The molecule has 2 aromatic carbocycles. The van der Waals surface area contributed by atoms with Crippen LogP contribution in [0.3, 0.4) is 0 Å². The second-order valence-electron chi connectivity index (χ2n) is 7.11. The van der Waals surface area contributed by atoms with Gasteiger partial charge in [0.1, 0.15) is 17.6 Å². The van der Waals surface area contributed by atoms with Gasteiger partial charge in [0.15, 0.2) is 5.96 Å². The minimum atomic E-state index is 0.120. The van der Waals surface area contributed by atoms with Gasteiger partial charge in [-0.2, -0.15) is 0 Å². The number of hydrogen-bond acceptors (Lipinski definition) is 4. The molecule has 0 bridgehead atoms. The predicted octanol–water partition coefficient (Wildman–Crippen LogP) is 2.47. The zero-order chi connectivity index (χ0) is 19.9. The summed E-state index contributed by atoms with van der Waals surface area (Å²) >= 11 is 0. The van der Waals surface area contributed by atoms with Gasteiger partial charge >= 0.3 is 0 Å². The number of fused-ring (bicyclic) bond motifs is 1. The lowest BCUT2D eigenvalue weighted by Crippen LogP contribution is -2.44. The number of guanidine groups is 1. The Morgan fingerprint density at radius 2 is 1.93 bits per heavy atom. The second-order valence-corrected chi connectivity index (χ2v) is 7.11. The lowest BCUT2D eigenvalue weighted by Gasteiger charge is -2.27. The average Bonchev–Trinajstić information content (AvgIpc) is 3.13. The molecule has 3 rings (SSSR count). The Labute approximate surface area is 167 Å². The normalized spacial score (nSPS) is 17.0. The summed E-state index contributed by atoms with van der Waals surface area (Å²) in [4.78, 5) is 6.53. The van der Waals surface area contributed by atoms with Crippen LogP contribution >= 0.6 is 0 Å². The molecule has 0 spiro atoms. The Hall–Kier alpha value is -2.73. The van der Waals surface area contributed by atoms with E-state index in [1.165, 1.54) is 5.56 Å². The van der Waals surface area contributed by atoms with Crippen molar-refractivity contribution in [3.05, 3.63) is 59.7 Å². The molecule has 150 valence electrons. The summed E-state index contributed by atoms with van der Waals surface area (Å²) in [6.45, 7) is 1.41. The summed E-state index contributed by atoms with van der Waals surface area (Å²) in [7, 11) is 7.63. The maximum Gasteiger partial charge on any atom is 0.191 e. The molecular formula is C22H30N4O2. The van der Waals surface area contributed by atoms with Crippen LogP contribution < -0.4 is 20.1 Å². The van der Waals surface area contributed by atoms with E-state index in [1.807, 2.05) is 30.3 Å². The number of aliphatic imine (C=N–C) groups is 1. The van der Waals surface area contributed by atoms with Crippen LogP contribution in [0, 0.1) is 0 Å². The fourth-order valence-corrected chi connectivity index (χ4v) is 3.50. The van der Waals surface area contributed by atoms with Crippen molar-refractivity contribution >= 4 is 5.96 Å². The quantitative estimate of drug-likeness (QED) is 0.569. The van der Waals surface area contributed by atoms with E-state index in [0.717, 1.165) is 29.4 Å². The number of hydrogen-bond donors (Lipinski definition) is 2. The Morgan fingerprint density at radius 1 is 1.18 bits per heavy atom. The third-order valence-electron chi connectivity index (χ3n) is 5.02. The van der Waals surface area contributed by atoms with E-state index in [9.17, 15) is 0 Å². The number of likely N-dealkylation sites (N-methyl/N-ethyl adjacent to an activating group) is 1. The molecule has 0 aromatic heterocycles. The van der Waals surface area contributed by atoms with Gasteiger partial charge in [0.25, 0.3) is 0 Å². The van der Waals surface area contributed by atoms with Crippen molar-refractivity contribution < 1.29 is 9.47 Å². The molecule has 0 amide bonds. The van der Waals surface area contributed by atoms with Crippen LogP contribution in [0.5, 0.6) is 11.5 Å². The van der Waals surface area contributed by atoms with Crippen LogP contribution in [0.1, 0.15) is 17.2 Å². The summed E-state index contributed by atoms with van der Waals surface area (Å²) in [5.74, 6) is 2.64. The third-order valence-corrected chi connectivity index (χ3v) is 5.02. The number of para-hydroxylation sites is 2. The Morgan fingerprint density at radius 3 is 2.64 bits per heavy atom. The fraction of sp³-hybridized carbons (Fsp3) is 0.409. The first-order chi connectivity index (χ1) is 13.6. The smallest absolute Gasteiger partial charge is 0.191 e. The molecule has 2 N–H and O–H groups in total. The van der Waals surface area contributed by atoms with E-state index in [4.69, 9.17) is 9.47 Å². The van der Waals surface area contributed by atoms with E-state index < -0.39 is 0 Å². The van der Waals surface area contributed by atoms with E-state index in [2.05, 4.69) is 52.8 Å². The number of methoxy groups -OCH3 is 1. The SMILES string of the molecule is CN=C(NCC1Cc2ccccc2O1)NCC(c1ccccc1OC)N(C)C. The summed E-state index contributed by atoms with van der Waals surface area (Å²) < 4.78 is 11.5. The van der Waals surface area contributed by atoms with Gasteiger partial charge in [0.2, 0.25) is 0 Å². The van der Waals surface area contributed by atoms with Crippen LogP contribution in [-0.2, 0) is 6.42 Å². The van der Waals surface area contributed by atoms with Crippen molar-refractivity contribution in [3.8, 4) is 11.5 Å². The number of benzene rings is 2. The lowest BCUT2D eigenvalue weighted by molar-refractivity contribution is 0.234. The molecule has 1 heterocycles. The van der Waals surface area contributed by atoms with Gasteiger partial charge < -0.3 is 25.0 Å². The highest BCUT2D eigenvalue weighted by Crippen LogP contribution is 2.28. The molecule has 28 heavy (non-hydrogen) atoms. The summed E-state index contributed by atoms with van der Waals surface area (Å²) in [6, 6.07) is 16.5. The predicted molar refractivity (Wildman–Crippen MR) is 113 cm³/mol. The first-order valence-corrected chi connectivity index (χ1v) is 9.60. The minimum Gasteiger partial charge on any atom is -0.496 e. The number of nitrogens with zero attached hydrogens (tertiary/aromatic N) is 2. The van der Waals surface area contributed by atoms with Gasteiger partial charge in [-0.25, -0.2) is 0 Å². The first-order valence-electron chi connectivity index (χ1n) is 9.60. The molecule has 0 saturated heterocycles. The van der Waals surface area contributed by atoms with Gasteiger partial charge in [-0.05, 0) is 31.8 Å². The van der Waals surface area contributed by atoms with E-state index in [1.54, 1.807) is 14.2 Å². The van der Waals surface area contributed by atoms with E-state index in [0.29, 0.717) is 13.1 Å². The molecule has 2 atom stereocenters. The highest BCUT2D eigenvalue weighted by molar-refractivity contribution is 5.79. The Bertz CT molecular complexity index is 782.